The van der Waals surface area contributed by atoms with Crippen LogP contribution in [-0.4, -0.2) is 35.0 Å². The van der Waals surface area contributed by atoms with Crippen molar-refractivity contribution in [3.63, 3.8) is 0 Å². The van der Waals surface area contributed by atoms with Crippen LogP contribution in [0.2, 0.25) is 0 Å². The second kappa shape index (κ2) is 5.07. The summed E-state index contributed by atoms with van der Waals surface area (Å²) < 4.78 is 0. The summed E-state index contributed by atoms with van der Waals surface area (Å²) in [6.07, 6.45) is 1.43. The molecule has 0 bridgehead atoms. The van der Waals surface area contributed by atoms with Gasteiger partial charge in [-0.05, 0) is 25.7 Å². The lowest BCUT2D eigenvalue weighted by Crippen LogP contribution is -2.50. The van der Waals surface area contributed by atoms with Gasteiger partial charge in [0, 0.05) is 19.0 Å². The molecule has 4 heteroatoms. The standard InChI is InChI=1S/C13H23NO3/c1-9(2)10(3)11(15)14-7-5-6-13(4,8-14)12(16)17/h9-10H,5-8H2,1-4H3,(H,16,17). The lowest BCUT2D eigenvalue weighted by Gasteiger charge is -2.39. The predicted octanol–water partition coefficient (Wildman–Crippen LogP) is 1.99. The Morgan fingerprint density at radius 3 is 2.35 bits per heavy atom. The molecule has 4 nitrogen and oxygen atoms in total. The average molecular weight is 241 g/mol. The molecule has 1 amide bonds. The van der Waals surface area contributed by atoms with Crippen molar-refractivity contribution in [1.82, 2.24) is 4.90 Å². The van der Waals surface area contributed by atoms with Crippen LogP contribution in [0.4, 0.5) is 0 Å². The molecule has 2 unspecified atom stereocenters. The first-order valence-electron chi connectivity index (χ1n) is 6.30. The van der Waals surface area contributed by atoms with Gasteiger partial charge in [-0.1, -0.05) is 20.8 Å². The fourth-order valence-electron chi connectivity index (χ4n) is 2.18. The highest BCUT2D eigenvalue weighted by atomic mass is 16.4. The Balaban J connectivity index is 2.73. The first kappa shape index (κ1) is 14.0. The van der Waals surface area contributed by atoms with Crippen LogP contribution in [0.15, 0.2) is 0 Å². The normalized spacial score (nSPS) is 27.0. The summed E-state index contributed by atoms with van der Waals surface area (Å²) in [5.74, 6) is -0.453. The van der Waals surface area contributed by atoms with Crippen LogP contribution in [0, 0.1) is 17.3 Å². The van der Waals surface area contributed by atoms with Gasteiger partial charge in [0.05, 0.1) is 5.41 Å². The number of carbonyl (C=O) groups excluding carboxylic acids is 1. The summed E-state index contributed by atoms with van der Waals surface area (Å²) in [6.45, 7) is 8.72. The van der Waals surface area contributed by atoms with Gasteiger partial charge in [-0.15, -0.1) is 0 Å². The van der Waals surface area contributed by atoms with Gasteiger partial charge in [-0.3, -0.25) is 9.59 Å². The molecule has 0 radical (unpaired) electrons. The molecule has 0 saturated carbocycles. The number of hydrogen-bond acceptors (Lipinski definition) is 2. The number of hydrogen-bond donors (Lipinski definition) is 1. The van der Waals surface area contributed by atoms with Crippen molar-refractivity contribution in [1.29, 1.82) is 0 Å². The first-order valence-corrected chi connectivity index (χ1v) is 6.30. The molecule has 2 atom stereocenters. The van der Waals surface area contributed by atoms with Crippen molar-refractivity contribution in [2.45, 2.75) is 40.5 Å². The topological polar surface area (TPSA) is 57.6 Å². The zero-order chi connectivity index (χ0) is 13.2. The van der Waals surface area contributed by atoms with Crippen molar-refractivity contribution >= 4 is 11.9 Å². The van der Waals surface area contributed by atoms with E-state index in [4.69, 9.17) is 0 Å². The molecule has 1 aliphatic rings. The molecule has 1 rings (SSSR count). The van der Waals surface area contributed by atoms with Crippen LogP contribution in [0.25, 0.3) is 0 Å². The van der Waals surface area contributed by atoms with E-state index in [1.165, 1.54) is 0 Å². The third-order valence-corrected chi connectivity index (χ3v) is 3.91. The largest absolute Gasteiger partial charge is 0.481 e. The fraction of sp³-hybridized carbons (Fsp3) is 0.846. The minimum absolute atomic E-state index is 0.0360. The second-order valence-corrected chi connectivity index (χ2v) is 5.76. The molecule has 1 N–H and O–H groups in total. The number of carboxylic acids is 1. The molecule has 0 aromatic heterocycles. The van der Waals surface area contributed by atoms with Crippen molar-refractivity contribution in [2.24, 2.45) is 17.3 Å². The zero-order valence-corrected chi connectivity index (χ0v) is 11.2. The van der Waals surface area contributed by atoms with E-state index in [-0.39, 0.29) is 11.8 Å². The molecule has 1 fully saturated rings. The van der Waals surface area contributed by atoms with Gasteiger partial charge in [0.1, 0.15) is 0 Å². The van der Waals surface area contributed by atoms with Crippen LogP contribution in [0.1, 0.15) is 40.5 Å². The Hall–Kier alpha value is -1.06. The second-order valence-electron chi connectivity index (χ2n) is 5.76. The highest BCUT2D eigenvalue weighted by Gasteiger charge is 2.40. The molecule has 1 heterocycles. The summed E-state index contributed by atoms with van der Waals surface area (Å²) in [7, 11) is 0. The van der Waals surface area contributed by atoms with E-state index < -0.39 is 11.4 Å². The monoisotopic (exact) mass is 241 g/mol. The zero-order valence-electron chi connectivity index (χ0n) is 11.2. The van der Waals surface area contributed by atoms with Crippen LogP contribution >= 0.6 is 0 Å². The molecule has 0 aromatic rings. The SMILES string of the molecule is CC(C)C(C)C(=O)N1CCCC(C)(C(=O)O)C1. The lowest BCUT2D eigenvalue weighted by molar-refractivity contribution is -0.154. The predicted molar refractivity (Wildman–Crippen MR) is 65.6 cm³/mol. The van der Waals surface area contributed by atoms with Crippen molar-refractivity contribution in [2.75, 3.05) is 13.1 Å². The van der Waals surface area contributed by atoms with Crippen molar-refractivity contribution in [3.05, 3.63) is 0 Å². The third-order valence-electron chi connectivity index (χ3n) is 3.91. The summed E-state index contributed by atoms with van der Waals surface area (Å²) >= 11 is 0. The number of piperidine rings is 1. The van der Waals surface area contributed by atoms with Crippen LogP contribution < -0.4 is 0 Å². The smallest absolute Gasteiger partial charge is 0.311 e. The van der Waals surface area contributed by atoms with E-state index in [0.29, 0.717) is 25.4 Å². The summed E-state index contributed by atoms with van der Waals surface area (Å²) in [5.41, 5.74) is -0.773. The Labute approximate surface area is 103 Å². The van der Waals surface area contributed by atoms with E-state index >= 15 is 0 Å². The van der Waals surface area contributed by atoms with Crippen molar-refractivity contribution < 1.29 is 14.7 Å². The number of likely N-dealkylation sites (tertiary alicyclic amines) is 1. The molecule has 0 spiro atoms. The Morgan fingerprint density at radius 1 is 1.29 bits per heavy atom. The Kier molecular flexibility index (Phi) is 4.17. The maximum absolute atomic E-state index is 12.2. The van der Waals surface area contributed by atoms with Gasteiger partial charge in [0.25, 0.3) is 0 Å². The Bertz CT molecular complexity index is 314. The number of amides is 1. The average Bonchev–Trinajstić information content (AvgIpc) is 2.26. The van der Waals surface area contributed by atoms with Gasteiger partial charge < -0.3 is 10.0 Å². The van der Waals surface area contributed by atoms with E-state index in [9.17, 15) is 14.7 Å². The fourth-order valence-corrected chi connectivity index (χ4v) is 2.18. The van der Waals surface area contributed by atoms with E-state index in [1.807, 2.05) is 20.8 Å². The number of rotatable bonds is 3. The van der Waals surface area contributed by atoms with Crippen LogP contribution in [0.3, 0.4) is 0 Å². The summed E-state index contributed by atoms with van der Waals surface area (Å²) in [5, 5.41) is 9.21. The van der Waals surface area contributed by atoms with E-state index in [0.717, 1.165) is 6.42 Å². The molecule has 17 heavy (non-hydrogen) atoms. The van der Waals surface area contributed by atoms with Crippen LogP contribution in [0.5, 0.6) is 0 Å². The van der Waals surface area contributed by atoms with Crippen molar-refractivity contribution in [3.8, 4) is 0 Å². The van der Waals surface area contributed by atoms with Gasteiger partial charge in [0.15, 0.2) is 0 Å². The quantitative estimate of drug-likeness (QED) is 0.822. The maximum Gasteiger partial charge on any atom is 0.311 e. The molecular formula is C13H23NO3. The third kappa shape index (κ3) is 2.99. The highest BCUT2D eigenvalue weighted by molar-refractivity contribution is 5.81. The molecular weight excluding hydrogens is 218 g/mol. The summed E-state index contributed by atoms with van der Waals surface area (Å²) in [4.78, 5) is 25.1. The highest BCUT2D eigenvalue weighted by Crippen LogP contribution is 2.31. The molecule has 1 saturated heterocycles. The molecule has 0 aromatic carbocycles. The molecule has 0 aliphatic carbocycles. The lowest BCUT2D eigenvalue weighted by atomic mass is 9.81. The van der Waals surface area contributed by atoms with E-state index in [1.54, 1.807) is 11.8 Å². The summed E-state index contributed by atoms with van der Waals surface area (Å²) in [6, 6.07) is 0. The van der Waals surface area contributed by atoms with Gasteiger partial charge in [0.2, 0.25) is 5.91 Å². The maximum atomic E-state index is 12.2. The molecule has 98 valence electrons. The minimum Gasteiger partial charge on any atom is -0.481 e. The van der Waals surface area contributed by atoms with Crippen LogP contribution in [-0.2, 0) is 9.59 Å². The van der Waals surface area contributed by atoms with Gasteiger partial charge >= 0.3 is 5.97 Å². The number of carboxylic acid groups (broad SMARTS) is 1. The first-order chi connectivity index (χ1) is 7.78. The van der Waals surface area contributed by atoms with Gasteiger partial charge in [-0.25, -0.2) is 0 Å². The van der Waals surface area contributed by atoms with Gasteiger partial charge in [-0.2, -0.15) is 0 Å². The number of nitrogens with zero attached hydrogens (tertiary/aromatic N) is 1. The number of carbonyl (C=O) groups is 2. The van der Waals surface area contributed by atoms with E-state index in [2.05, 4.69) is 0 Å². The minimum atomic E-state index is -0.799. The Morgan fingerprint density at radius 2 is 1.88 bits per heavy atom. The number of aliphatic carboxylic acids is 1. The molecule has 1 aliphatic heterocycles.